The number of anilines is 1. The van der Waals surface area contributed by atoms with E-state index in [9.17, 15) is 29.1 Å². The van der Waals surface area contributed by atoms with Gasteiger partial charge >= 0.3 is 23.9 Å². The zero-order valence-electron chi connectivity index (χ0n) is 21.5. The van der Waals surface area contributed by atoms with Gasteiger partial charge in [0, 0.05) is 36.4 Å². The van der Waals surface area contributed by atoms with Crippen molar-refractivity contribution in [3.8, 4) is 11.1 Å². The van der Waals surface area contributed by atoms with Gasteiger partial charge in [-0.25, -0.2) is 14.6 Å². The molecule has 0 bridgehead atoms. The minimum Gasteiger partial charge on any atom is -0.481 e. The lowest BCUT2D eigenvalue weighted by molar-refractivity contribution is -0.170. The van der Waals surface area contributed by atoms with Crippen LogP contribution in [-0.2, 0) is 19.1 Å². The Morgan fingerprint density at radius 3 is 2.41 bits per heavy atom. The third-order valence-corrected chi connectivity index (χ3v) is 6.72. The first-order valence-corrected chi connectivity index (χ1v) is 12.1. The van der Waals surface area contributed by atoms with Crippen LogP contribution in [0.15, 0.2) is 35.4 Å². The number of aryl methyl sites for hydroxylation is 2. The van der Waals surface area contributed by atoms with E-state index in [1.165, 1.54) is 6.20 Å². The molecule has 1 saturated carbocycles. The second-order valence-electron chi connectivity index (χ2n) is 9.63. The van der Waals surface area contributed by atoms with Crippen molar-refractivity contribution < 1.29 is 39.2 Å². The Hall–Kier alpha value is -4.58. The molecule has 2 aromatic heterocycles. The molecule has 0 aliphatic heterocycles. The van der Waals surface area contributed by atoms with Crippen molar-refractivity contribution in [2.45, 2.75) is 51.2 Å². The van der Waals surface area contributed by atoms with Crippen molar-refractivity contribution in [2.24, 2.45) is 0 Å². The summed E-state index contributed by atoms with van der Waals surface area (Å²) in [6.45, 7) is 3.80. The van der Waals surface area contributed by atoms with Crippen molar-refractivity contribution in [1.29, 1.82) is 0 Å². The Kier molecular flexibility index (Phi) is 7.25. The molecule has 204 valence electrons. The van der Waals surface area contributed by atoms with Gasteiger partial charge in [0.05, 0.1) is 18.4 Å². The van der Waals surface area contributed by atoms with Gasteiger partial charge in [-0.3, -0.25) is 14.4 Å². The number of aliphatic carboxylic acids is 2. The molecule has 0 saturated heterocycles. The molecule has 4 rings (SSSR count). The first-order valence-electron chi connectivity index (χ1n) is 12.1. The molecule has 2 heterocycles. The number of nitrogens with zero attached hydrogens (tertiary/aromatic N) is 2. The number of carbonyl (C=O) groups excluding carboxylic acids is 2. The number of pyridine rings is 2. The highest BCUT2D eigenvalue weighted by atomic mass is 16.6. The van der Waals surface area contributed by atoms with Gasteiger partial charge in [0.2, 0.25) is 5.43 Å². The number of fused-ring (bicyclic) bond motifs is 1. The number of aliphatic hydroxyl groups is 1. The minimum atomic E-state index is -2.98. The Morgan fingerprint density at radius 1 is 1.15 bits per heavy atom. The number of ether oxygens (including phenoxy) is 1. The molecule has 12 heteroatoms. The summed E-state index contributed by atoms with van der Waals surface area (Å²) in [5, 5.41) is 31.3. The molecule has 0 spiro atoms. The van der Waals surface area contributed by atoms with Gasteiger partial charge in [-0.1, -0.05) is 6.07 Å². The van der Waals surface area contributed by atoms with E-state index in [0.29, 0.717) is 5.52 Å². The predicted octanol–water partition coefficient (Wildman–Crippen LogP) is 2.42. The van der Waals surface area contributed by atoms with Crippen LogP contribution in [0.4, 0.5) is 5.82 Å². The predicted molar refractivity (Wildman–Crippen MR) is 139 cm³/mol. The largest absolute Gasteiger partial charge is 0.481 e. The minimum absolute atomic E-state index is 0.0171. The maximum absolute atomic E-state index is 13.4. The summed E-state index contributed by atoms with van der Waals surface area (Å²) in [4.78, 5) is 65.2. The normalized spacial score (nSPS) is 14.5. The van der Waals surface area contributed by atoms with E-state index in [1.807, 2.05) is 19.9 Å². The van der Waals surface area contributed by atoms with Crippen LogP contribution < -0.4 is 10.7 Å². The maximum atomic E-state index is 13.4. The second kappa shape index (κ2) is 10.3. The Balaban J connectivity index is 1.73. The monoisotopic (exact) mass is 537 g/mol. The quantitative estimate of drug-likeness (QED) is 0.232. The Morgan fingerprint density at radius 2 is 1.85 bits per heavy atom. The molecule has 3 aromatic rings. The number of aromatic nitrogens is 2. The molecule has 12 nitrogen and oxygen atoms in total. The van der Waals surface area contributed by atoms with Crippen molar-refractivity contribution in [2.75, 3.05) is 12.4 Å². The van der Waals surface area contributed by atoms with E-state index in [2.05, 4.69) is 15.0 Å². The number of carbonyl (C=O) groups is 4. The zero-order chi connectivity index (χ0) is 28.6. The fourth-order valence-electron chi connectivity index (χ4n) is 4.60. The Bertz CT molecular complexity index is 1590. The Labute approximate surface area is 221 Å². The number of benzene rings is 1. The summed E-state index contributed by atoms with van der Waals surface area (Å²) < 4.78 is 6.49. The third kappa shape index (κ3) is 5.36. The first-order chi connectivity index (χ1) is 18.4. The van der Waals surface area contributed by atoms with Crippen LogP contribution in [0.1, 0.15) is 53.2 Å². The average molecular weight is 538 g/mol. The molecule has 0 radical (unpaired) electrons. The molecular weight excluding hydrogens is 510 g/mol. The van der Waals surface area contributed by atoms with Crippen molar-refractivity contribution in [3.05, 3.63) is 57.5 Å². The highest BCUT2D eigenvalue weighted by Gasteiger charge is 2.42. The van der Waals surface area contributed by atoms with E-state index in [-0.39, 0.29) is 11.4 Å². The summed E-state index contributed by atoms with van der Waals surface area (Å²) >= 11 is 0. The molecule has 1 aliphatic carbocycles. The molecule has 4 N–H and O–H groups in total. The van der Waals surface area contributed by atoms with E-state index in [4.69, 9.17) is 10.2 Å². The van der Waals surface area contributed by atoms with Gasteiger partial charge in [0.1, 0.15) is 11.4 Å². The highest BCUT2D eigenvalue weighted by molar-refractivity contribution is 6.01. The van der Waals surface area contributed by atoms with Crippen molar-refractivity contribution >= 4 is 40.6 Å². The molecule has 39 heavy (non-hydrogen) atoms. The van der Waals surface area contributed by atoms with E-state index in [0.717, 1.165) is 40.9 Å². The lowest BCUT2D eigenvalue weighted by Gasteiger charge is -2.20. The topological polar surface area (TPSA) is 185 Å². The summed E-state index contributed by atoms with van der Waals surface area (Å²) in [7, 11) is 1.78. The average Bonchev–Trinajstić information content (AvgIpc) is 3.69. The van der Waals surface area contributed by atoms with Gasteiger partial charge in [-0.15, -0.1) is 0 Å². The van der Waals surface area contributed by atoms with Crippen molar-refractivity contribution in [3.63, 3.8) is 0 Å². The molecule has 1 aliphatic rings. The van der Waals surface area contributed by atoms with Crippen LogP contribution >= 0.6 is 0 Å². The number of rotatable bonds is 9. The maximum Gasteiger partial charge on any atom is 0.351 e. The molecule has 1 fully saturated rings. The van der Waals surface area contributed by atoms with Gasteiger partial charge in [0.15, 0.2) is 5.60 Å². The van der Waals surface area contributed by atoms with Crippen LogP contribution in [0.5, 0.6) is 0 Å². The van der Waals surface area contributed by atoms with Crippen LogP contribution in [0, 0.1) is 13.8 Å². The fraction of sp³-hybridized carbons (Fsp3) is 0.333. The number of nitrogens with one attached hydrogen (secondary N) is 1. The molecule has 0 amide bonds. The number of hydrogen-bond acceptors (Lipinski definition) is 9. The number of esters is 2. The van der Waals surface area contributed by atoms with Gasteiger partial charge in [0.25, 0.3) is 0 Å². The molecular formula is C27H27N3O9. The lowest BCUT2D eigenvalue weighted by atomic mass is 9.96. The molecule has 1 aromatic carbocycles. The van der Waals surface area contributed by atoms with Crippen LogP contribution in [0.3, 0.4) is 0 Å². The second-order valence-corrected chi connectivity index (χ2v) is 9.63. The number of carboxylic acid groups (broad SMARTS) is 2. The first kappa shape index (κ1) is 27.5. The summed E-state index contributed by atoms with van der Waals surface area (Å²) in [6.07, 6.45) is 2.09. The summed E-state index contributed by atoms with van der Waals surface area (Å²) in [6, 6.07) is 5.34. The standard InChI is InChI=1S/C27H27N3O9/c1-13-8-15(11-29-24(13)28-3)17-6-7-18-22(14(17)2)30(16-4-5-16)12-19(23(18)34)25(35)39-21(33)10-27(38,26(36)37)9-20(31)32/h6-8,11-12,16,38H,4-5,9-10H2,1-3H3,(H,28,29)(H,31,32)(H,36,37). The van der Waals surface area contributed by atoms with E-state index < -0.39 is 53.3 Å². The summed E-state index contributed by atoms with van der Waals surface area (Å²) in [5.74, 6) is -5.70. The van der Waals surface area contributed by atoms with Gasteiger partial charge in [-0.05, 0) is 55.5 Å². The van der Waals surface area contributed by atoms with Gasteiger partial charge in [-0.2, -0.15) is 0 Å². The fourth-order valence-corrected chi connectivity index (χ4v) is 4.60. The van der Waals surface area contributed by atoms with Crippen LogP contribution in [0.25, 0.3) is 22.0 Å². The third-order valence-electron chi connectivity index (χ3n) is 6.72. The molecule has 1 unspecified atom stereocenters. The number of carboxylic acids is 2. The van der Waals surface area contributed by atoms with Crippen LogP contribution in [0.2, 0.25) is 0 Å². The van der Waals surface area contributed by atoms with E-state index in [1.54, 1.807) is 29.9 Å². The highest BCUT2D eigenvalue weighted by Crippen LogP contribution is 2.39. The smallest absolute Gasteiger partial charge is 0.351 e. The molecule has 1 atom stereocenters. The lowest BCUT2D eigenvalue weighted by Crippen LogP contribution is -2.43. The van der Waals surface area contributed by atoms with Crippen molar-refractivity contribution in [1.82, 2.24) is 9.55 Å². The summed E-state index contributed by atoms with van der Waals surface area (Å²) in [5.41, 5.74) is -0.0435. The SMILES string of the molecule is CNc1ncc(-c2ccc3c(=O)c(C(=O)OC(=O)CC(O)(CC(=O)O)C(=O)O)cn(C4CC4)c3c2C)cc1C. The number of hydrogen-bond donors (Lipinski definition) is 4. The van der Waals surface area contributed by atoms with Crippen LogP contribution in [-0.4, -0.2) is 61.4 Å². The van der Waals surface area contributed by atoms with Gasteiger partial charge < -0.3 is 29.9 Å². The van der Waals surface area contributed by atoms with E-state index >= 15 is 0 Å². The zero-order valence-corrected chi connectivity index (χ0v) is 21.5.